The van der Waals surface area contributed by atoms with Crippen LogP contribution in [0.1, 0.15) is 81.0 Å². The van der Waals surface area contributed by atoms with E-state index in [2.05, 4.69) is 104 Å². The Balaban J connectivity index is 0.000000339. The summed E-state index contributed by atoms with van der Waals surface area (Å²) in [5.74, 6) is -1.25. The molecular weight excluding hydrogens is 1100 g/mol. The molecule has 0 atom stereocenters. The van der Waals surface area contributed by atoms with E-state index in [1.807, 2.05) is 25.7 Å². The van der Waals surface area contributed by atoms with E-state index in [1.165, 1.54) is 23.1 Å². The van der Waals surface area contributed by atoms with Crippen LogP contribution in [-0.2, 0) is 27.7 Å². The molecule has 4 heterocycles. The molecule has 4 aromatic rings. The van der Waals surface area contributed by atoms with Crippen molar-refractivity contribution in [2.45, 2.75) is 130 Å². The molecule has 0 radical (unpaired) electrons. The van der Waals surface area contributed by atoms with E-state index < -0.39 is 45.5 Å². The van der Waals surface area contributed by atoms with Crippen LogP contribution >= 0.6 is 31.9 Å². The number of carboxylic acids is 1. The second-order valence-corrected chi connectivity index (χ2v) is 34.5. The molecule has 2 aliphatic heterocycles. The minimum atomic E-state index is -1.30. The van der Waals surface area contributed by atoms with E-state index in [0.29, 0.717) is 64.8 Å². The Kier molecular flexibility index (Phi) is 25.7. The van der Waals surface area contributed by atoms with Gasteiger partial charge in [-0.05, 0) is 127 Å². The number of aromatic nitrogens is 4. The minimum absolute atomic E-state index is 0. The fourth-order valence-corrected chi connectivity index (χ4v) is 10.2. The number of ether oxygens (including phenoxy) is 3. The Morgan fingerprint density at radius 1 is 0.767 bits per heavy atom. The second kappa shape index (κ2) is 29.5. The van der Waals surface area contributed by atoms with E-state index in [-0.39, 0.29) is 55.7 Å². The van der Waals surface area contributed by atoms with Crippen molar-refractivity contribution in [3.05, 3.63) is 81.3 Å². The molecule has 73 heavy (non-hydrogen) atoms. The summed E-state index contributed by atoms with van der Waals surface area (Å²) in [5, 5.41) is 16.5. The molecular formula is C50H76Br2F2LiN9O7Si2. The number of nitrogens with two attached hydrogens (primary N) is 1. The van der Waals surface area contributed by atoms with Gasteiger partial charge in [-0.1, -0.05) is 64.8 Å². The summed E-state index contributed by atoms with van der Waals surface area (Å²) >= 11 is 6.46. The van der Waals surface area contributed by atoms with E-state index in [9.17, 15) is 23.9 Å². The molecule has 2 fully saturated rings. The molecule has 0 aliphatic carbocycles. The number of carboxylic acid groups (broad SMARTS) is 1. The van der Waals surface area contributed by atoms with Crippen LogP contribution in [0.15, 0.2) is 58.0 Å². The van der Waals surface area contributed by atoms with Crippen LogP contribution in [0.5, 0.6) is 0 Å². The average molecular weight is 1180 g/mol. The number of para-hydroxylation sites is 2. The van der Waals surface area contributed by atoms with Crippen LogP contribution in [0.4, 0.5) is 36.3 Å². The Morgan fingerprint density at radius 3 is 1.71 bits per heavy atom. The summed E-state index contributed by atoms with van der Waals surface area (Å²) in [4.78, 5) is 48.1. The third-order valence-electron chi connectivity index (χ3n) is 12.0. The number of carbonyl (C=O) groups is 3. The first-order chi connectivity index (χ1) is 33.7. The van der Waals surface area contributed by atoms with Gasteiger partial charge in [-0.2, -0.15) is 0 Å². The molecule has 2 saturated heterocycles. The maximum Gasteiger partial charge on any atom is 1.00 e. The van der Waals surface area contributed by atoms with Crippen molar-refractivity contribution in [2.75, 3.05) is 66.8 Å². The zero-order valence-electron chi connectivity index (χ0n) is 44.7. The van der Waals surface area contributed by atoms with Crippen LogP contribution in [-0.4, -0.2) is 105 Å². The van der Waals surface area contributed by atoms with Crippen LogP contribution in [0, 0.1) is 23.5 Å². The number of benzene rings is 2. The molecule has 2 aliphatic rings. The number of aromatic carboxylic acids is 1. The van der Waals surface area contributed by atoms with Crippen molar-refractivity contribution >= 4 is 88.7 Å². The summed E-state index contributed by atoms with van der Waals surface area (Å²) in [6.07, 6.45) is 7.88. The fourth-order valence-electron chi connectivity index (χ4n) is 7.84. The first kappa shape index (κ1) is 63.5. The largest absolute Gasteiger partial charge is 1.00 e. The number of amides is 2. The summed E-state index contributed by atoms with van der Waals surface area (Å²) in [7, 11) is -2.34. The first-order valence-corrected chi connectivity index (χ1v) is 33.7. The summed E-state index contributed by atoms with van der Waals surface area (Å²) in [6.45, 7) is 26.5. The van der Waals surface area contributed by atoms with Gasteiger partial charge < -0.3 is 59.4 Å². The molecule has 0 saturated carbocycles. The third-order valence-corrected chi connectivity index (χ3v) is 16.1. The minimum Gasteiger partial charge on any atom is -0.542 e. The molecule has 16 nitrogen and oxygen atoms in total. The number of nitrogens with zero attached hydrogens (tertiary/aromatic N) is 6. The predicted molar refractivity (Wildman–Crippen MR) is 292 cm³/mol. The predicted octanol–water partition coefficient (Wildman–Crippen LogP) is 7.45. The number of nitrogens with one attached hydrogen (secondary N) is 2. The normalized spacial score (nSPS) is 14.5. The number of anilines is 4. The van der Waals surface area contributed by atoms with Gasteiger partial charge in [0.25, 0.3) is 5.91 Å². The van der Waals surface area contributed by atoms with Gasteiger partial charge in [0, 0.05) is 74.5 Å². The van der Waals surface area contributed by atoms with Crippen LogP contribution in [0.3, 0.4) is 0 Å². The molecule has 2 aromatic carbocycles. The van der Waals surface area contributed by atoms with Crippen molar-refractivity contribution in [1.29, 1.82) is 0 Å². The zero-order chi connectivity index (χ0) is 53.4. The molecule has 23 heteroatoms. The van der Waals surface area contributed by atoms with Gasteiger partial charge >= 0.3 is 25.0 Å². The number of alkyl carbamates (subject to hydrolysis) is 1. The van der Waals surface area contributed by atoms with E-state index in [4.69, 9.17) is 19.9 Å². The number of piperidine rings is 2. The molecule has 0 spiro atoms. The standard InChI is InChI=1S/C27H41BrFN5O4Si.C13H19FN2.C10H17BrN2O3Si.Li/c1-27(2,3)38-26(36)30-16-19-10-12-33(13-11-19)23-20(29)8-7-9-21(23)31-25(35)24-32-22(28)17-34(24)18-37-14-15-39(4,5)6;1-2-10-6-8-16(9-7-10)13-11(14)4-3-5-12(13)15;1-17(2,3)5-4-16-7-13-6-8(11)12-9(13)10(14)15;/h7-9,17,19H,10-16,18H2,1-6H3,(H,30,36)(H,31,35);3-5,10H,2,6-9,15H2,1H3;6H,4-5,7H2,1-3H3,(H,14,15);/q;;;+1/p-1. The van der Waals surface area contributed by atoms with Gasteiger partial charge in [0.05, 0.1) is 22.7 Å². The van der Waals surface area contributed by atoms with Gasteiger partial charge in [-0.25, -0.2) is 23.5 Å². The number of hydrogen-bond acceptors (Lipinski definition) is 12. The van der Waals surface area contributed by atoms with Crippen molar-refractivity contribution in [1.82, 2.24) is 24.4 Å². The van der Waals surface area contributed by atoms with E-state index in [0.717, 1.165) is 56.8 Å². The van der Waals surface area contributed by atoms with Gasteiger partial charge in [-0.3, -0.25) is 4.79 Å². The van der Waals surface area contributed by atoms with Gasteiger partial charge in [0.15, 0.2) is 5.82 Å². The maximum atomic E-state index is 15.1. The quantitative estimate of drug-likeness (QED) is 0.0507. The number of hydrogen-bond donors (Lipinski definition) is 3. The van der Waals surface area contributed by atoms with Crippen molar-refractivity contribution in [3.63, 3.8) is 0 Å². The zero-order valence-corrected chi connectivity index (χ0v) is 49.9. The van der Waals surface area contributed by atoms with E-state index >= 15 is 4.39 Å². The molecule has 400 valence electrons. The first-order valence-electron chi connectivity index (χ1n) is 24.7. The monoisotopic (exact) mass is 1170 g/mol. The van der Waals surface area contributed by atoms with E-state index in [1.54, 1.807) is 41.2 Å². The Morgan fingerprint density at radius 2 is 1.23 bits per heavy atom. The van der Waals surface area contributed by atoms with Crippen LogP contribution in [0.2, 0.25) is 51.4 Å². The third kappa shape index (κ3) is 22.2. The Hall–Kier alpha value is -3.76. The second-order valence-electron chi connectivity index (χ2n) is 21.6. The van der Waals surface area contributed by atoms with Crippen molar-refractivity contribution in [3.8, 4) is 0 Å². The fraction of sp³-hybridized carbons (Fsp3) is 0.580. The van der Waals surface area contributed by atoms with Gasteiger partial charge in [-0.15, -0.1) is 0 Å². The molecule has 0 bridgehead atoms. The van der Waals surface area contributed by atoms with Gasteiger partial charge in [0.2, 0.25) is 5.82 Å². The van der Waals surface area contributed by atoms with Crippen LogP contribution in [0.25, 0.3) is 0 Å². The molecule has 2 amide bonds. The SMILES string of the molecule is CC(C)(C)OC(=O)NCC1CCN(c2c(F)cccc2NC(=O)c2nc(Br)cn2COCC[Si](C)(C)C)CC1.CCC1CCN(c2c(N)cccc2F)CC1.C[Si](C)(C)CCOCn1cc(Br)nc1C(=O)[O-].[Li+]. The van der Waals surface area contributed by atoms with Crippen molar-refractivity contribution in [2.24, 2.45) is 11.8 Å². The maximum absolute atomic E-state index is 15.1. The summed E-state index contributed by atoms with van der Waals surface area (Å²) in [5.41, 5.74) is 7.17. The van der Waals surface area contributed by atoms with Crippen molar-refractivity contribution < 1.29 is 61.3 Å². The molecule has 6 rings (SSSR count). The topological polar surface area (TPSA) is 194 Å². The molecule has 4 N–H and O–H groups in total. The summed E-state index contributed by atoms with van der Waals surface area (Å²) < 4.78 is 49.4. The number of rotatable bonds is 18. The summed E-state index contributed by atoms with van der Waals surface area (Å²) in [6, 6.07) is 11.6. The average Bonchev–Trinajstić information content (AvgIpc) is 3.87. The molecule has 0 unspecified atom stereocenters. The number of halogens is 4. The number of nitrogen functional groups attached to an aromatic ring is 1. The van der Waals surface area contributed by atoms with Gasteiger partial charge in [0.1, 0.15) is 45.9 Å². The Bertz CT molecular complexity index is 2360. The smallest absolute Gasteiger partial charge is 0.542 e. The number of imidazole rings is 2. The van der Waals surface area contributed by atoms with Crippen LogP contribution < -0.4 is 50.1 Å². The molecule has 2 aromatic heterocycles. The number of carbonyl (C=O) groups excluding carboxylic acids is 3. The Labute approximate surface area is 461 Å².